The third-order valence-electron chi connectivity index (χ3n) is 2.76. The molecule has 0 spiro atoms. The maximum absolute atomic E-state index is 11.5. The van der Waals surface area contributed by atoms with Crippen molar-refractivity contribution < 1.29 is 29.1 Å². The molecule has 6 heteroatoms. The molecule has 0 saturated heterocycles. The SMILES string of the molecule is CCCCC(CC)COC(=O)/C=C/C(=O)OOOC(C)(C)C. The van der Waals surface area contributed by atoms with Crippen LogP contribution in [0.1, 0.15) is 60.3 Å². The Morgan fingerprint density at radius 3 is 2.27 bits per heavy atom. The number of hydrogen-bond donors (Lipinski definition) is 0. The van der Waals surface area contributed by atoms with Crippen LogP contribution in [-0.2, 0) is 29.1 Å². The van der Waals surface area contributed by atoms with E-state index in [0.717, 1.165) is 37.8 Å². The molecule has 0 aliphatic carbocycles. The van der Waals surface area contributed by atoms with Crippen LogP contribution in [0.4, 0.5) is 0 Å². The molecule has 0 aromatic rings. The average molecular weight is 316 g/mol. The first-order valence-electron chi connectivity index (χ1n) is 7.69. The van der Waals surface area contributed by atoms with Gasteiger partial charge < -0.3 is 4.74 Å². The van der Waals surface area contributed by atoms with E-state index < -0.39 is 17.5 Å². The third kappa shape index (κ3) is 12.3. The van der Waals surface area contributed by atoms with E-state index in [1.807, 2.05) is 0 Å². The standard InChI is InChI=1S/C16H28O6/c1-6-8-9-13(7-2)12-19-14(17)10-11-15(18)20-22-21-16(3,4)5/h10-11,13H,6-9,12H2,1-5H3/b11-10+. The van der Waals surface area contributed by atoms with E-state index >= 15 is 0 Å². The number of carbonyl (C=O) groups is 2. The van der Waals surface area contributed by atoms with Crippen LogP contribution in [-0.4, -0.2) is 24.1 Å². The van der Waals surface area contributed by atoms with E-state index in [1.165, 1.54) is 0 Å². The van der Waals surface area contributed by atoms with Crippen LogP contribution < -0.4 is 0 Å². The lowest BCUT2D eigenvalue weighted by atomic mass is 10.0. The van der Waals surface area contributed by atoms with Gasteiger partial charge in [-0.3, -0.25) is 4.89 Å². The van der Waals surface area contributed by atoms with Gasteiger partial charge in [0.25, 0.3) is 0 Å². The summed E-state index contributed by atoms with van der Waals surface area (Å²) in [5.74, 6) is -1.07. The Labute approximate surface area is 132 Å². The average Bonchev–Trinajstić information content (AvgIpc) is 2.44. The van der Waals surface area contributed by atoms with Gasteiger partial charge in [0.05, 0.1) is 12.2 Å². The Morgan fingerprint density at radius 1 is 1.09 bits per heavy atom. The Morgan fingerprint density at radius 2 is 1.73 bits per heavy atom. The lowest BCUT2D eigenvalue weighted by molar-refractivity contribution is -0.513. The van der Waals surface area contributed by atoms with Crippen LogP contribution in [0, 0.1) is 5.92 Å². The predicted molar refractivity (Wildman–Crippen MR) is 81.4 cm³/mol. The van der Waals surface area contributed by atoms with Crippen molar-refractivity contribution in [2.24, 2.45) is 5.92 Å². The maximum atomic E-state index is 11.5. The molecule has 0 aliphatic heterocycles. The highest BCUT2D eigenvalue weighted by Gasteiger charge is 2.13. The van der Waals surface area contributed by atoms with Gasteiger partial charge in [-0.1, -0.05) is 33.1 Å². The van der Waals surface area contributed by atoms with Gasteiger partial charge in [0.15, 0.2) is 0 Å². The minimum Gasteiger partial charge on any atom is -0.462 e. The first-order valence-corrected chi connectivity index (χ1v) is 7.69. The van der Waals surface area contributed by atoms with Gasteiger partial charge >= 0.3 is 11.9 Å². The van der Waals surface area contributed by atoms with Gasteiger partial charge in [-0.05, 0) is 38.1 Å². The van der Waals surface area contributed by atoms with Crippen LogP contribution >= 0.6 is 0 Å². The second-order valence-electron chi connectivity index (χ2n) is 6.05. The van der Waals surface area contributed by atoms with Gasteiger partial charge in [0, 0.05) is 12.2 Å². The number of carbonyl (C=O) groups excluding carboxylic acids is 2. The van der Waals surface area contributed by atoms with Crippen molar-refractivity contribution in [1.82, 2.24) is 0 Å². The predicted octanol–water partition coefficient (Wildman–Crippen LogP) is 3.51. The zero-order chi connectivity index (χ0) is 17.0. The molecule has 0 amide bonds. The number of ether oxygens (including phenoxy) is 1. The molecular weight excluding hydrogens is 288 g/mol. The van der Waals surface area contributed by atoms with Crippen LogP contribution in [0.25, 0.3) is 0 Å². The number of hydrogen-bond acceptors (Lipinski definition) is 6. The molecule has 0 saturated carbocycles. The first-order chi connectivity index (χ1) is 10.3. The largest absolute Gasteiger partial charge is 0.462 e. The molecule has 0 aliphatic rings. The zero-order valence-corrected chi connectivity index (χ0v) is 14.2. The van der Waals surface area contributed by atoms with Crippen molar-refractivity contribution in [2.45, 2.75) is 65.9 Å². The summed E-state index contributed by atoms with van der Waals surface area (Å²) in [7, 11) is 0. The molecule has 0 N–H and O–H groups in total. The second kappa shape index (κ2) is 11.2. The van der Waals surface area contributed by atoms with E-state index in [9.17, 15) is 9.59 Å². The van der Waals surface area contributed by atoms with Crippen LogP contribution in [0.3, 0.4) is 0 Å². The summed E-state index contributed by atoms with van der Waals surface area (Å²) in [6.45, 7) is 9.75. The summed E-state index contributed by atoms with van der Waals surface area (Å²) in [6.07, 6.45) is 6.16. The topological polar surface area (TPSA) is 71.1 Å². The summed E-state index contributed by atoms with van der Waals surface area (Å²) >= 11 is 0. The normalized spacial score (nSPS) is 13.1. The molecule has 128 valence electrons. The fourth-order valence-electron chi connectivity index (χ4n) is 1.46. The van der Waals surface area contributed by atoms with Crippen molar-refractivity contribution >= 4 is 11.9 Å². The van der Waals surface area contributed by atoms with E-state index in [0.29, 0.717) is 12.5 Å². The van der Waals surface area contributed by atoms with Gasteiger partial charge in [-0.2, -0.15) is 4.89 Å². The summed E-state index contributed by atoms with van der Waals surface area (Å²) < 4.78 is 5.10. The Balaban J connectivity index is 3.96. The number of esters is 1. The second-order valence-corrected chi connectivity index (χ2v) is 6.05. The molecule has 0 radical (unpaired) electrons. The molecule has 1 atom stereocenters. The summed E-state index contributed by atoms with van der Waals surface area (Å²) in [5.41, 5.74) is -0.601. The van der Waals surface area contributed by atoms with Crippen LogP contribution in [0.2, 0.25) is 0 Å². The van der Waals surface area contributed by atoms with Crippen LogP contribution in [0.15, 0.2) is 12.2 Å². The van der Waals surface area contributed by atoms with Gasteiger partial charge in [0.2, 0.25) is 0 Å². The monoisotopic (exact) mass is 316 g/mol. The van der Waals surface area contributed by atoms with Crippen LogP contribution in [0.5, 0.6) is 0 Å². The minimum atomic E-state index is -0.848. The van der Waals surface area contributed by atoms with E-state index in [4.69, 9.17) is 9.62 Å². The molecule has 1 unspecified atom stereocenters. The zero-order valence-electron chi connectivity index (χ0n) is 14.2. The lowest BCUT2D eigenvalue weighted by Gasteiger charge is -2.14. The van der Waals surface area contributed by atoms with Crippen molar-refractivity contribution in [3.8, 4) is 0 Å². The fraction of sp³-hybridized carbons (Fsp3) is 0.750. The van der Waals surface area contributed by atoms with Gasteiger partial charge in [0.1, 0.15) is 0 Å². The van der Waals surface area contributed by atoms with Crippen molar-refractivity contribution in [2.75, 3.05) is 6.61 Å². The van der Waals surface area contributed by atoms with Gasteiger partial charge in [-0.25, -0.2) is 9.59 Å². The number of rotatable bonds is 10. The Kier molecular flexibility index (Phi) is 10.5. The van der Waals surface area contributed by atoms with Gasteiger partial charge in [-0.15, -0.1) is 0 Å². The van der Waals surface area contributed by atoms with Crippen molar-refractivity contribution in [3.05, 3.63) is 12.2 Å². The third-order valence-corrected chi connectivity index (χ3v) is 2.76. The first kappa shape index (κ1) is 20.6. The molecule has 0 heterocycles. The molecule has 22 heavy (non-hydrogen) atoms. The van der Waals surface area contributed by atoms with Crippen molar-refractivity contribution in [3.63, 3.8) is 0 Å². The summed E-state index contributed by atoms with van der Waals surface area (Å²) in [6, 6.07) is 0. The molecular formula is C16H28O6. The lowest BCUT2D eigenvalue weighted by Crippen LogP contribution is -2.20. The van der Waals surface area contributed by atoms with Crippen molar-refractivity contribution in [1.29, 1.82) is 0 Å². The summed E-state index contributed by atoms with van der Waals surface area (Å²) in [5, 5.41) is 4.30. The highest BCUT2D eigenvalue weighted by atomic mass is 17.5. The summed E-state index contributed by atoms with van der Waals surface area (Å²) in [4.78, 5) is 31.8. The van der Waals surface area contributed by atoms with E-state index in [2.05, 4.69) is 23.8 Å². The maximum Gasteiger partial charge on any atom is 0.369 e. The fourth-order valence-corrected chi connectivity index (χ4v) is 1.46. The molecule has 0 rings (SSSR count). The quantitative estimate of drug-likeness (QED) is 0.266. The van der Waals surface area contributed by atoms with E-state index in [-0.39, 0.29) is 0 Å². The van der Waals surface area contributed by atoms with E-state index in [1.54, 1.807) is 20.8 Å². The molecule has 0 fully saturated rings. The molecule has 6 nitrogen and oxygen atoms in total. The Bertz CT molecular complexity index is 356. The molecule has 0 aromatic heterocycles. The molecule has 0 aromatic carbocycles. The Hall–Kier alpha value is -1.40. The smallest absolute Gasteiger partial charge is 0.369 e. The highest BCUT2D eigenvalue weighted by Crippen LogP contribution is 2.13. The highest BCUT2D eigenvalue weighted by molar-refractivity contribution is 5.91. The number of unbranched alkanes of at least 4 members (excludes halogenated alkanes) is 1. The minimum absolute atomic E-state index is 0.354. The molecule has 0 bridgehead atoms.